The molecule has 1 heterocycles. The summed E-state index contributed by atoms with van der Waals surface area (Å²) in [6, 6.07) is 6.30. The molecule has 0 aliphatic heterocycles. The van der Waals surface area contributed by atoms with Crippen molar-refractivity contribution in [1.29, 1.82) is 0 Å². The van der Waals surface area contributed by atoms with E-state index in [9.17, 15) is 0 Å². The quantitative estimate of drug-likeness (QED) is 0.917. The first-order chi connectivity index (χ1) is 7.08. The molecule has 2 rings (SSSR count). The molecule has 1 aromatic heterocycles. The Morgan fingerprint density at radius 2 is 2.13 bits per heavy atom. The lowest BCUT2D eigenvalue weighted by molar-refractivity contribution is 0.611. The maximum absolute atomic E-state index is 5.88. The van der Waals surface area contributed by atoms with Gasteiger partial charge in [0.15, 0.2) is 0 Å². The molecule has 0 radical (unpaired) electrons. The molecular weight excluding hydrogens is 272 g/mol. The van der Waals surface area contributed by atoms with Crippen molar-refractivity contribution in [3.63, 3.8) is 0 Å². The van der Waals surface area contributed by atoms with E-state index in [2.05, 4.69) is 33.9 Å². The summed E-state index contributed by atoms with van der Waals surface area (Å²) < 4.78 is 2.31. The van der Waals surface area contributed by atoms with E-state index < -0.39 is 0 Å². The molecule has 2 atom stereocenters. The van der Waals surface area contributed by atoms with Crippen molar-refractivity contribution < 1.29 is 0 Å². The molecule has 80 valence electrons. The number of halogens is 1. The summed E-state index contributed by atoms with van der Waals surface area (Å²) in [5.41, 5.74) is 6.94. The van der Waals surface area contributed by atoms with Gasteiger partial charge < -0.3 is 5.73 Å². The van der Waals surface area contributed by atoms with Crippen LogP contribution < -0.4 is 5.73 Å². The van der Waals surface area contributed by atoms with Crippen LogP contribution in [0.4, 0.5) is 0 Å². The second-order valence-corrected chi connectivity index (χ2v) is 5.79. The molecule has 0 saturated heterocycles. The Kier molecular flexibility index (Phi) is 3.09. The molecule has 0 amide bonds. The number of hydrogen-bond donors (Lipinski definition) is 1. The van der Waals surface area contributed by atoms with Gasteiger partial charge in [-0.25, -0.2) is 4.98 Å². The summed E-state index contributed by atoms with van der Waals surface area (Å²) in [6.45, 7) is 4.14. The third-order valence-corrected chi connectivity index (χ3v) is 4.26. The topological polar surface area (TPSA) is 38.9 Å². The fraction of sp³-hybridized carbons (Fsp3) is 0.364. The van der Waals surface area contributed by atoms with Crippen LogP contribution in [-0.4, -0.2) is 11.0 Å². The molecule has 2 nitrogen and oxygen atoms in total. The maximum Gasteiger partial charge on any atom is 0.0982 e. The largest absolute Gasteiger partial charge is 0.327 e. The van der Waals surface area contributed by atoms with Crippen molar-refractivity contribution >= 4 is 37.5 Å². The second kappa shape index (κ2) is 4.20. The van der Waals surface area contributed by atoms with Crippen molar-refractivity contribution in [2.24, 2.45) is 5.73 Å². The molecule has 0 fully saturated rings. The number of nitrogens with zero attached hydrogens (tertiary/aromatic N) is 1. The predicted molar refractivity (Wildman–Crippen MR) is 69.4 cm³/mol. The van der Waals surface area contributed by atoms with Gasteiger partial charge in [-0.3, -0.25) is 0 Å². The molecule has 15 heavy (non-hydrogen) atoms. The minimum absolute atomic E-state index is 0.147. The van der Waals surface area contributed by atoms with Gasteiger partial charge in [0.2, 0.25) is 0 Å². The SMILES string of the molecule is CC(N)C(C)c1nc2ccc(Br)cc2s1. The molecule has 0 aliphatic carbocycles. The highest BCUT2D eigenvalue weighted by molar-refractivity contribution is 9.10. The van der Waals surface area contributed by atoms with Crippen molar-refractivity contribution in [2.75, 3.05) is 0 Å². The first kappa shape index (κ1) is 11.0. The van der Waals surface area contributed by atoms with Crippen LogP contribution >= 0.6 is 27.3 Å². The van der Waals surface area contributed by atoms with E-state index in [0.717, 1.165) is 15.0 Å². The maximum atomic E-state index is 5.88. The van der Waals surface area contributed by atoms with Crippen LogP contribution in [0.15, 0.2) is 22.7 Å². The Balaban J connectivity index is 2.47. The van der Waals surface area contributed by atoms with E-state index >= 15 is 0 Å². The highest BCUT2D eigenvalue weighted by atomic mass is 79.9. The fourth-order valence-corrected chi connectivity index (χ4v) is 3.02. The third kappa shape index (κ3) is 2.22. The highest BCUT2D eigenvalue weighted by Crippen LogP contribution is 2.30. The first-order valence-electron chi connectivity index (χ1n) is 4.89. The number of nitrogens with two attached hydrogens (primary N) is 1. The predicted octanol–water partition coefficient (Wildman–Crippen LogP) is 3.51. The van der Waals surface area contributed by atoms with E-state index in [1.807, 2.05) is 19.1 Å². The molecule has 0 spiro atoms. The highest BCUT2D eigenvalue weighted by Gasteiger charge is 2.15. The zero-order valence-corrected chi connectivity index (χ0v) is 11.1. The standard InChI is InChI=1S/C11H13BrN2S/c1-6(7(2)13)11-14-9-4-3-8(12)5-10(9)15-11/h3-7H,13H2,1-2H3. The summed E-state index contributed by atoms with van der Waals surface area (Å²) in [5.74, 6) is 0.321. The lowest BCUT2D eigenvalue weighted by atomic mass is 10.1. The lowest BCUT2D eigenvalue weighted by Crippen LogP contribution is -2.22. The van der Waals surface area contributed by atoms with Gasteiger partial charge in [-0.15, -0.1) is 11.3 Å². The van der Waals surface area contributed by atoms with Gasteiger partial charge in [-0.05, 0) is 25.1 Å². The molecule has 0 bridgehead atoms. The summed E-state index contributed by atoms with van der Waals surface area (Å²) in [7, 11) is 0. The van der Waals surface area contributed by atoms with Crippen LogP contribution in [0.5, 0.6) is 0 Å². The smallest absolute Gasteiger partial charge is 0.0982 e. The van der Waals surface area contributed by atoms with Crippen LogP contribution in [0.1, 0.15) is 24.8 Å². The molecule has 0 aliphatic rings. The van der Waals surface area contributed by atoms with Crippen LogP contribution in [0.25, 0.3) is 10.2 Å². The Morgan fingerprint density at radius 3 is 2.80 bits per heavy atom. The number of thiazole rings is 1. The zero-order valence-electron chi connectivity index (χ0n) is 8.70. The zero-order chi connectivity index (χ0) is 11.0. The second-order valence-electron chi connectivity index (χ2n) is 3.81. The van der Waals surface area contributed by atoms with E-state index in [1.165, 1.54) is 4.70 Å². The number of benzene rings is 1. The monoisotopic (exact) mass is 284 g/mol. The minimum atomic E-state index is 0.147. The average Bonchev–Trinajstić information content (AvgIpc) is 2.58. The van der Waals surface area contributed by atoms with E-state index in [4.69, 9.17) is 5.73 Å². The van der Waals surface area contributed by atoms with Gasteiger partial charge in [0.25, 0.3) is 0 Å². The molecule has 2 unspecified atom stereocenters. The van der Waals surface area contributed by atoms with Gasteiger partial charge in [0.1, 0.15) is 0 Å². The van der Waals surface area contributed by atoms with Crippen molar-refractivity contribution in [3.05, 3.63) is 27.7 Å². The van der Waals surface area contributed by atoms with Gasteiger partial charge in [-0.2, -0.15) is 0 Å². The Labute approximate surface area is 102 Å². The number of aromatic nitrogens is 1. The average molecular weight is 285 g/mol. The van der Waals surface area contributed by atoms with E-state index in [0.29, 0.717) is 5.92 Å². The normalized spacial score (nSPS) is 15.5. The Morgan fingerprint density at radius 1 is 1.40 bits per heavy atom. The first-order valence-corrected chi connectivity index (χ1v) is 6.50. The van der Waals surface area contributed by atoms with E-state index in [-0.39, 0.29) is 6.04 Å². The number of rotatable bonds is 2. The number of hydrogen-bond acceptors (Lipinski definition) is 3. The van der Waals surface area contributed by atoms with Crippen LogP contribution in [0, 0.1) is 0 Å². The van der Waals surface area contributed by atoms with Crippen molar-refractivity contribution in [2.45, 2.75) is 25.8 Å². The Hall–Kier alpha value is -0.450. The summed E-state index contributed by atoms with van der Waals surface area (Å²) in [6.07, 6.45) is 0. The molecule has 4 heteroatoms. The summed E-state index contributed by atoms with van der Waals surface area (Å²) in [4.78, 5) is 4.59. The van der Waals surface area contributed by atoms with E-state index in [1.54, 1.807) is 11.3 Å². The van der Waals surface area contributed by atoms with Crippen LogP contribution in [0.3, 0.4) is 0 Å². The van der Waals surface area contributed by atoms with Crippen molar-refractivity contribution in [1.82, 2.24) is 4.98 Å². The Bertz CT molecular complexity index is 478. The third-order valence-electron chi connectivity index (χ3n) is 2.55. The van der Waals surface area contributed by atoms with Crippen LogP contribution in [-0.2, 0) is 0 Å². The molecule has 2 aromatic rings. The summed E-state index contributed by atoms with van der Waals surface area (Å²) in [5, 5.41) is 1.12. The van der Waals surface area contributed by atoms with Gasteiger partial charge >= 0.3 is 0 Å². The van der Waals surface area contributed by atoms with Crippen LogP contribution in [0.2, 0.25) is 0 Å². The molecule has 1 aromatic carbocycles. The summed E-state index contributed by atoms with van der Waals surface area (Å²) >= 11 is 5.19. The molecular formula is C11H13BrN2S. The van der Waals surface area contributed by atoms with Gasteiger partial charge in [0, 0.05) is 16.4 Å². The van der Waals surface area contributed by atoms with Gasteiger partial charge in [0.05, 0.1) is 15.2 Å². The fourth-order valence-electron chi connectivity index (χ4n) is 1.34. The minimum Gasteiger partial charge on any atom is -0.327 e. The lowest BCUT2D eigenvalue weighted by Gasteiger charge is -2.11. The number of fused-ring (bicyclic) bond motifs is 1. The molecule has 0 saturated carbocycles. The van der Waals surface area contributed by atoms with Gasteiger partial charge in [-0.1, -0.05) is 22.9 Å². The van der Waals surface area contributed by atoms with Crippen molar-refractivity contribution in [3.8, 4) is 0 Å². The molecule has 2 N–H and O–H groups in total.